The highest BCUT2D eigenvalue weighted by molar-refractivity contribution is 5.71. The summed E-state index contributed by atoms with van der Waals surface area (Å²) in [4.78, 5) is 38.0. The van der Waals surface area contributed by atoms with Gasteiger partial charge in [0.2, 0.25) is 0 Å². The second-order valence-corrected chi connectivity index (χ2v) is 16.4. The van der Waals surface area contributed by atoms with Gasteiger partial charge in [-0.2, -0.15) is 0 Å². The van der Waals surface area contributed by atoms with E-state index in [0.717, 1.165) is 135 Å². The molecule has 68 heavy (non-hydrogen) atoms. The lowest BCUT2D eigenvalue weighted by atomic mass is 10.1. The van der Waals surface area contributed by atoms with Crippen molar-refractivity contribution in [2.45, 2.75) is 187 Å². The molecule has 0 spiro atoms. The maximum atomic E-state index is 12.8. The number of rotatable bonds is 44. The molecule has 376 valence electrons. The van der Waals surface area contributed by atoms with E-state index in [1.54, 1.807) is 0 Å². The largest absolute Gasteiger partial charge is 0.462 e. The van der Waals surface area contributed by atoms with Gasteiger partial charge in [0, 0.05) is 19.3 Å². The molecule has 0 aromatic rings. The first-order chi connectivity index (χ1) is 33.5. The number of carbonyl (C=O) groups excluding carboxylic acids is 3. The van der Waals surface area contributed by atoms with Gasteiger partial charge < -0.3 is 14.2 Å². The van der Waals surface area contributed by atoms with E-state index >= 15 is 0 Å². The molecular formula is C62H92O6. The minimum absolute atomic E-state index is 0.128. The molecule has 0 fully saturated rings. The van der Waals surface area contributed by atoms with Gasteiger partial charge in [-0.05, 0) is 116 Å². The fourth-order valence-electron chi connectivity index (χ4n) is 6.28. The van der Waals surface area contributed by atoms with Crippen LogP contribution in [-0.2, 0) is 28.6 Å². The summed E-state index contributed by atoms with van der Waals surface area (Å²) in [6.45, 7) is 6.15. The van der Waals surface area contributed by atoms with E-state index in [0.29, 0.717) is 19.3 Å². The summed E-state index contributed by atoms with van der Waals surface area (Å²) >= 11 is 0. The molecule has 6 nitrogen and oxygen atoms in total. The molecule has 0 bridgehead atoms. The van der Waals surface area contributed by atoms with Crippen molar-refractivity contribution in [3.63, 3.8) is 0 Å². The van der Waals surface area contributed by atoms with Crippen LogP contribution in [0.1, 0.15) is 181 Å². The van der Waals surface area contributed by atoms with Crippen LogP contribution in [0.5, 0.6) is 0 Å². The zero-order valence-corrected chi connectivity index (χ0v) is 42.8. The second kappa shape index (κ2) is 54.4. The summed E-state index contributed by atoms with van der Waals surface area (Å²) in [6, 6.07) is 0. The number of carbonyl (C=O) groups is 3. The first-order valence-corrected chi connectivity index (χ1v) is 26.2. The predicted molar refractivity (Wildman–Crippen MR) is 292 cm³/mol. The molecule has 0 heterocycles. The molecule has 1 unspecified atom stereocenters. The van der Waals surface area contributed by atoms with Crippen LogP contribution in [0, 0.1) is 0 Å². The van der Waals surface area contributed by atoms with Gasteiger partial charge in [0.1, 0.15) is 13.2 Å². The van der Waals surface area contributed by atoms with Crippen molar-refractivity contribution in [2.75, 3.05) is 13.2 Å². The molecule has 0 N–H and O–H groups in total. The van der Waals surface area contributed by atoms with Crippen LogP contribution in [0.2, 0.25) is 0 Å². The van der Waals surface area contributed by atoms with Gasteiger partial charge in [0.15, 0.2) is 6.10 Å². The Bertz CT molecular complexity index is 1640. The topological polar surface area (TPSA) is 78.9 Å². The highest BCUT2D eigenvalue weighted by atomic mass is 16.6. The third kappa shape index (κ3) is 51.7. The van der Waals surface area contributed by atoms with Crippen LogP contribution >= 0.6 is 0 Å². The number of esters is 3. The molecule has 0 amide bonds. The Morgan fingerprint density at radius 2 is 0.603 bits per heavy atom. The van der Waals surface area contributed by atoms with Crippen molar-refractivity contribution < 1.29 is 28.6 Å². The smallest absolute Gasteiger partial charge is 0.306 e. The number of unbranched alkanes of at least 4 members (excludes halogenated alkanes) is 10. The zero-order chi connectivity index (χ0) is 49.3. The van der Waals surface area contributed by atoms with Crippen LogP contribution in [0.15, 0.2) is 170 Å². The normalized spacial score (nSPS) is 13.5. The van der Waals surface area contributed by atoms with E-state index in [1.807, 2.05) is 60.8 Å². The van der Waals surface area contributed by atoms with Crippen molar-refractivity contribution in [3.05, 3.63) is 170 Å². The van der Waals surface area contributed by atoms with Gasteiger partial charge >= 0.3 is 17.9 Å². The Balaban J connectivity index is 4.62. The molecule has 0 aliphatic heterocycles. The van der Waals surface area contributed by atoms with Crippen LogP contribution < -0.4 is 0 Å². The van der Waals surface area contributed by atoms with Gasteiger partial charge in [0.05, 0.1) is 0 Å². The Morgan fingerprint density at radius 3 is 1.00 bits per heavy atom. The summed E-state index contributed by atoms with van der Waals surface area (Å²) in [7, 11) is 0. The SMILES string of the molecule is CC\C=C/C=C\C=C/C=C\C=C\C=C/CCCCCC(=O)OC(COC(=O)CCCCC/C=C\C/C=C\C/C=C\C/C=C\C/C=C\CC)COC(=O)CCCCCC/C=C\C/C=C\C/C=C\CC. The molecule has 0 aliphatic rings. The molecule has 0 saturated heterocycles. The number of allylic oxidation sites excluding steroid dienone is 28. The maximum absolute atomic E-state index is 12.8. The maximum Gasteiger partial charge on any atom is 0.306 e. The fraction of sp³-hybridized carbons (Fsp3) is 0.500. The van der Waals surface area contributed by atoms with E-state index < -0.39 is 6.10 Å². The molecule has 0 aliphatic carbocycles. The van der Waals surface area contributed by atoms with Crippen molar-refractivity contribution in [2.24, 2.45) is 0 Å². The number of ether oxygens (including phenoxy) is 3. The Hall–Kier alpha value is -5.23. The fourth-order valence-corrected chi connectivity index (χ4v) is 6.28. The first kappa shape index (κ1) is 62.8. The third-order valence-corrected chi connectivity index (χ3v) is 10.1. The highest BCUT2D eigenvalue weighted by Crippen LogP contribution is 2.11. The monoisotopic (exact) mass is 933 g/mol. The number of hydrogen-bond acceptors (Lipinski definition) is 6. The average Bonchev–Trinajstić information content (AvgIpc) is 3.34. The van der Waals surface area contributed by atoms with Crippen molar-refractivity contribution in [1.29, 1.82) is 0 Å². The second-order valence-electron chi connectivity index (χ2n) is 16.4. The van der Waals surface area contributed by atoms with E-state index in [9.17, 15) is 14.4 Å². The lowest BCUT2D eigenvalue weighted by molar-refractivity contribution is -0.167. The molecule has 0 radical (unpaired) electrons. The minimum atomic E-state index is -0.834. The van der Waals surface area contributed by atoms with Crippen LogP contribution in [-0.4, -0.2) is 37.2 Å². The van der Waals surface area contributed by atoms with E-state index in [1.165, 1.54) is 0 Å². The quantitative estimate of drug-likeness (QED) is 0.0199. The molecule has 6 heteroatoms. The lowest BCUT2D eigenvalue weighted by Crippen LogP contribution is -2.30. The van der Waals surface area contributed by atoms with Gasteiger partial charge in [0.25, 0.3) is 0 Å². The summed E-state index contributed by atoms with van der Waals surface area (Å²) in [5.41, 5.74) is 0. The zero-order valence-electron chi connectivity index (χ0n) is 42.8. The van der Waals surface area contributed by atoms with Gasteiger partial charge in [-0.3, -0.25) is 14.4 Å². The highest BCUT2D eigenvalue weighted by Gasteiger charge is 2.19. The summed E-state index contributed by atoms with van der Waals surface area (Å²) in [5, 5.41) is 0. The summed E-state index contributed by atoms with van der Waals surface area (Å²) < 4.78 is 16.7. The Kier molecular flexibility index (Phi) is 50.2. The number of hydrogen-bond donors (Lipinski definition) is 0. The minimum Gasteiger partial charge on any atom is -0.462 e. The van der Waals surface area contributed by atoms with Crippen molar-refractivity contribution in [1.82, 2.24) is 0 Å². The Morgan fingerprint density at radius 1 is 0.309 bits per heavy atom. The van der Waals surface area contributed by atoms with E-state index in [2.05, 4.69) is 130 Å². The first-order valence-electron chi connectivity index (χ1n) is 26.2. The molecule has 0 saturated carbocycles. The van der Waals surface area contributed by atoms with Gasteiger partial charge in [-0.25, -0.2) is 0 Å². The summed E-state index contributed by atoms with van der Waals surface area (Å²) in [5.74, 6) is -1.04. The molecule has 0 aromatic carbocycles. The van der Waals surface area contributed by atoms with Crippen molar-refractivity contribution in [3.8, 4) is 0 Å². The standard InChI is InChI=1S/C62H92O6/c1-4-7-10-13-16-19-22-25-28-30-31-33-34-37-40-43-46-49-52-55-61(64)67-58-59(57-66-60(63)54-51-48-45-42-39-36-27-24-21-18-15-12-9-6-3)68-62(65)56-53-50-47-44-41-38-35-32-29-26-23-20-17-14-11-8-5-2/h7-12,14,16-21,23,25-29,31-33,35-38,40-41,59H,4-6,13,15,22,24,30,34,39,42-58H2,1-3H3/b10-7-,11-8-,12-9-,17-14-,19-16-,21-18-,23-20-,28-25-,29-26-,33-31-,35-32+,36-27-,40-37-,41-38-. The Labute approximate surface area is 415 Å². The van der Waals surface area contributed by atoms with E-state index in [-0.39, 0.29) is 37.5 Å². The van der Waals surface area contributed by atoms with Crippen LogP contribution in [0.3, 0.4) is 0 Å². The summed E-state index contributed by atoms with van der Waals surface area (Å²) in [6.07, 6.45) is 80.5. The third-order valence-electron chi connectivity index (χ3n) is 10.1. The van der Waals surface area contributed by atoms with Crippen LogP contribution in [0.25, 0.3) is 0 Å². The van der Waals surface area contributed by atoms with Crippen molar-refractivity contribution >= 4 is 17.9 Å². The van der Waals surface area contributed by atoms with Gasteiger partial charge in [-0.1, -0.05) is 217 Å². The average molecular weight is 933 g/mol. The van der Waals surface area contributed by atoms with E-state index in [4.69, 9.17) is 14.2 Å². The predicted octanol–water partition coefficient (Wildman–Crippen LogP) is 17.6. The molecule has 0 rings (SSSR count). The molecule has 0 aromatic heterocycles. The molecular weight excluding hydrogens is 841 g/mol. The van der Waals surface area contributed by atoms with Crippen LogP contribution in [0.4, 0.5) is 0 Å². The molecule has 1 atom stereocenters. The lowest BCUT2D eigenvalue weighted by Gasteiger charge is -2.18. The van der Waals surface area contributed by atoms with Gasteiger partial charge in [-0.15, -0.1) is 0 Å².